The van der Waals surface area contributed by atoms with E-state index in [4.69, 9.17) is 5.11 Å². The SMILES string of the molecule is Cc1ccc(C(=O)O)cc1NCc1cn(C)nc1C(C)C. The highest BCUT2D eigenvalue weighted by Gasteiger charge is 2.12. The van der Waals surface area contributed by atoms with Crippen LogP contribution in [-0.4, -0.2) is 20.9 Å². The zero-order chi connectivity index (χ0) is 15.6. The Labute approximate surface area is 124 Å². The number of aryl methyl sites for hydroxylation is 2. The molecule has 21 heavy (non-hydrogen) atoms. The molecule has 0 fully saturated rings. The van der Waals surface area contributed by atoms with Crippen molar-refractivity contribution in [1.82, 2.24) is 9.78 Å². The first-order valence-corrected chi connectivity index (χ1v) is 6.98. The van der Waals surface area contributed by atoms with E-state index in [-0.39, 0.29) is 0 Å². The summed E-state index contributed by atoms with van der Waals surface area (Å²) < 4.78 is 1.81. The largest absolute Gasteiger partial charge is 0.478 e. The molecule has 2 N–H and O–H groups in total. The Balaban J connectivity index is 2.20. The van der Waals surface area contributed by atoms with Crippen molar-refractivity contribution >= 4 is 11.7 Å². The number of anilines is 1. The molecular weight excluding hydrogens is 266 g/mol. The van der Waals surface area contributed by atoms with Crippen molar-refractivity contribution in [2.24, 2.45) is 7.05 Å². The number of carbonyl (C=O) groups is 1. The number of nitrogens with one attached hydrogen (secondary N) is 1. The highest BCUT2D eigenvalue weighted by molar-refractivity contribution is 5.89. The molecule has 1 aromatic heterocycles. The fourth-order valence-corrected chi connectivity index (χ4v) is 2.31. The van der Waals surface area contributed by atoms with Crippen molar-refractivity contribution in [3.05, 3.63) is 46.8 Å². The van der Waals surface area contributed by atoms with Crippen LogP contribution in [0.2, 0.25) is 0 Å². The van der Waals surface area contributed by atoms with Gasteiger partial charge in [-0.2, -0.15) is 5.10 Å². The molecule has 0 aliphatic carbocycles. The maximum Gasteiger partial charge on any atom is 0.335 e. The van der Waals surface area contributed by atoms with Gasteiger partial charge in [0, 0.05) is 31.0 Å². The summed E-state index contributed by atoms with van der Waals surface area (Å²) in [6.07, 6.45) is 2.00. The summed E-state index contributed by atoms with van der Waals surface area (Å²) in [6, 6.07) is 5.11. The molecular formula is C16H21N3O2. The van der Waals surface area contributed by atoms with Gasteiger partial charge in [-0.25, -0.2) is 4.79 Å². The normalized spacial score (nSPS) is 10.9. The number of rotatable bonds is 5. The maximum absolute atomic E-state index is 11.0. The van der Waals surface area contributed by atoms with Crippen molar-refractivity contribution in [2.75, 3.05) is 5.32 Å². The lowest BCUT2D eigenvalue weighted by molar-refractivity contribution is 0.0697. The molecule has 5 heteroatoms. The van der Waals surface area contributed by atoms with Crippen LogP contribution in [0.25, 0.3) is 0 Å². The van der Waals surface area contributed by atoms with Crippen molar-refractivity contribution in [2.45, 2.75) is 33.2 Å². The predicted octanol–water partition coefficient (Wildman–Crippen LogP) is 3.16. The van der Waals surface area contributed by atoms with Gasteiger partial charge >= 0.3 is 5.97 Å². The van der Waals surface area contributed by atoms with E-state index in [9.17, 15) is 4.79 Å². The van der Waals surface area contributed by atoms with Crippen LogP contribution in [0.3, 0.4) is 0 Å². The maximum atomic E-state index is 11.0. The third-order valence-electron chi connectivity index (χ3n) is 3.44. The number of carboxylic acid groups (broad SMARTS) is 1. The molecule has 1 aromatic carbocycles. The molecule has 0 saturated heterocycles. The average Bonchev–Trinajstić information content (AvgIpc) is 2.79. The summed E-state index contributed by atoms with van der Waals surface area (Å²) >= 11 is 0. The molecule has 0 aliphatic rings. The van der Waals surface area contributed by atoms with Gasteiger partial charge in [-0.15, -0.1) is 0 Å². The topological polar surface area (TPSA) is 67.2 Å². The Morgan fingerprint density at radius 3 is 2.76 bits per heavy atom. The molecule has 0 unspecified atom stereocenters. The van der Waals surface area contributed by atoms with E-state index in [1.54, 1.807) is 12.1 Å². The van der Waals surface area contributed by atoms with E-state index in [1.807, 2.05) is 30.9 Å². The third-order valence-corrected chi connectivity index (χ3v) is 3.44. The van der Waals surface area contributed by atoms with Gasteiger partial charge in [-0.3, -0.25) is 4.68 Å². The molecule has 1 heterocycles. The number of hydrogen-bond acceptors (Lipinski definition) is 3. The first-order chi connectivity index (χ1) is 9.88. The standard InChI is InChI=1S/C16H21N3O2/c1-10(2)15-13(9-19(4)18-15)8-17-14-7-12(16(20)21)6-5-11(14)3/h5-7,9-10,17H,8H2,1-4H3,(H,20,21). The summed E-state index contributed by atoms with van der Waals surface area (Å²) in [5, 5.41) is 16.9. The van der Waals surface area contributed by atoms with Crippen LogP contribution in [0.1, 0.15) is 46.9 Å². The Bertz CT molecular complexity index is 660. The second-order valence-corrected chi connectivity index (χ2v) is 5.56. The number of carboxylic acids is 1. The molecule has 0 radical (unpaired) electrons. The van der Waals surface area contributed by atoms with Gasteiger partial charge < -0.3 is 10.4 Å². The fourth-order valence-electron chi connectivity index (χ4n) is 2.31. The lowest BCUT2D eigenvalue weighted by atomic mass is 10.1. The fraction of sp³-hybridized carbons (Fsp3) is 0.375. The van der Waals surface area contributed by atoms with Crippen LogP contribution in [0.4, 0.5) is 5.69 Å². The Morgan fingerprint density at radius 2 is 2.14 bits per heavy atom. The zero-order valence-corrected chi connectivity index (χ0v) is 12.8. The van der Waals surface area contributed by atoms with E-state index in [0.717, 1.165) is 22.5 Å². The van der Waals surface area contributed by atoms with Crippen molar-refractivity contribution in [3.8, 4) is 0 Å². The van der Waals surface area contributed by atoms with Crippen molar-refractivity contribution in [1.29, 1.82) is 0 Å². The second kappa shape index (κ2) is 5.99. The summed E-state index contributed by atoms with van der Waals surface area (Å²) in [6.45, 7) is 6.82. The van der Waals surface area contributed by atoms with Gasteiger partial charge in [0.1, 0.15) is 0 Å². The summed E-state index contributed by atoms with van der Waals surface area (Å²) in [5.41, 5.74) is 4.35. The number of benzene rings is 1. The first kappa shape index (κ1) is 15.1. The third kappa shape index (κ3) is 3.42. The molecule has 0 bridgehead atoms. The summed E-state index contributed by atoms with van der Waals surface area (Å²) in [4.78, 5) is 11.0. The van der Waals surface area contributed by atoms with Crippen LogP contribution in [0.5, 0.6) is 0 Å². The summed E-state index contributed by atoms with van der Waals surface area (Å²) in [7, 11) is 1.91. The first-order valence-electron chi connectivity index (χ1n) is 6.98. The minimum absolute atomic E-state index is 0.290. The predicted molar refractivity (Wildman–Crippen MR) is 82.8 cm³/mol. The van der Waals surface area contributed by atoms with Gasteiger partial charge in [0.25, 0.3) is 0 Å². The van der Waals surface area contributed by atoms with Crippen LogP contribution >= 0.6 is 0 Å². The molecule has 0 aliphatic heterocycles. The molecule has 0 saturated carbocycles. The molecule has 112 valence electrons. The van der Waals surface area contributed by atoms with E-state index >= 15 is 0 Å². The average molecular weight is 287 g/mol. The molecule has 0 atom stereocenters. The minimum Gasteiger partial charge on any atom is -0.478 e. The van der Waals surface area contributed by atoms with Crippen molar-refractivity contribution in [3.63, 3.8) is 0 Å². The minimum atomic E-state index is -0.915. The van der Waals surface area contributed by atoms with E-state index in [1.165, 1.54) is 0 Å². The molecule has 2 aromatic rings. The molecule has 2 rings (SSSR count). The van der Waals surface area contributed by atoms with E-state index < -0.39 is 5.97 Å². The highest BCUT2D eigenvalue weighted by Crippen LogP contribution is 2.21. The van der Waals surface area contributed by atoms with E-state index in [2.05, 4.69) is 24.3 Å². The van der Waals surface area contributed by atoms with Gasteiger partial charge in [-0.05, 0) is 30.5 Å². The number of hydrogen-bond donors (Lipinski definition) is 2. The van der Waals surface area contributed by atoms with Gasteiger partial charge in [0.05, 0.1) is 11.3 Å². The van der Waals surface area contributed by atoms with Crippen LogP contribution < -0.4 is 5.32 Å². The van der Waals surface area contributed by atoms with Gasteiger partial charge in [0.15, 0.2) is 0 Å². The Hall–Kier alpha value is -2.30. The Morgan fingerprint density at radius 1 is 1.43 bits per heavy atom. The van der Waals surface area contributed by atoms with E-state index in [0.29, 0.717) is 18.0 Å². The number of aromatic nitrogens is 2. The van der Waals surface area contributed by atoms with Gasteiger partial charge in [-0.1, -0.05) is 19.9 Å². The molecule has 0 amide bonds. The van der Waals surface area contributed by atoms with Crippen LogP contribution in [-0.2, 0) is 13.6 Å². The second-order valence-electron chi connectivity index (χ2n) is 5.56. The smallest absolute Gasteiger partial charge is 0.335 e. The number of aromatic carboxylic acids is 1. The summed E-state index contributed by atoms with van der Waals surface area (Å²) in [5.74, 6) is -0.559. The van der Waals surface area contributed by atoms with Crippen molar-refractivity contribution < 1.29 is 9.90 Å². The van der Waals surface area contributed by atoms with Crippen LogP contribution in [0.15, 0.2) is 24.4 Å². The molecule has 5 nitrogen and oxygen atoms in total. The highest BCUT2D eigenvalue weighted by atomic mass is 16.4. The lowest BCUT2D eigenvalue weighted by Crippen LogP contribution is -2.05. The molecule has 0 spiro atoms. The lowest BCUT2D eigenvalue weighted by Gasteiger charge is -2.11. The van der Waals surface area contributed by atoms with Crippen LogP contribution in [0, 0.1) is 6.92 Å². The number of nitrogens with zero attached hydrogens (tertiary/aromatic N) is 2. The quantitative estimate of drug-likeness (QED) is 0.886. The van der Waals surface area contributed by atoms with Gasteiger partial charge in [0.2, 0.25) is 0 Å². The Kier molecular flexibility index (Phi) is 4.31. The zero-order valence-electron chi connectivity index (χ0n) is 12.8. The monoisotopic (exact) mass is 287 g/mol.